The number of piperazine rings is 1. The first-order valence-electron chi connectivity index (χ1n) is 13.2. The standard InChI is InChI=1S/C27H34F3N7/c1-25(2,37-9-7-36(8-10-37)22-4-3-21(16-33-22)27(28,29)30)24(34-17-32)35-23-19-11-18-12-20(23)15-26(13-18,14-19)5-6-31/h3-4,16,18-20,23H,5,7-15H2,1-2H3,(H,34,35). The topological polar surface area (TPSA) is 91.3 Å². The van der Waals surface area contributed by atoms with Gasteiger partial charge < -0.3 is 4.90 Å². The first kappa shape index (κ1) is 25.8. The molecule has 0 amide bonds. The summed E-state index contributed by atoms with van der Waals surface area (Å²) in [6, 6.07) is 5.12. The fraction of sp³-hybridized carbons (Fsp3) is 0.704. The predicted molar refractivity (Wildman–Crippen MR) is 133 cm³/mol. The summed E-state index contributed by atoms with van der Waals surface area (Å²) in [5.41, 5.74) is -1.09. The molecule has 2 atom stereocenters. The lowest BCUT2D eigenvalue weighted by Crippen LogP contribution is -2.61. The Kier molecular flexibility index (Phi) is 6.60. The third-order valence-corrected chi connectivity index (χ3v) is 9.31. The van der Waals surface area contributed by atoms with Gasteiger partial charge in [0.25, 0.3) is 0 Å². The van der Waals surface area contributed by atoms with Gasteiger partial charge in [0, 0.05) is 38.8 Å². The van der Waals surface area contributed by atoms with Crippen molar-refractivity contribution >= 4 is 11.7 Å². The Morgan fingerprint density at radius 1 is 1.11 bits per heavy atom. The van der Waals surface area contributed by atoms with E-state index in [0.29, 0.717) is 62.0 Å². The van der Waals surface area contributed by atoms with E-state index in [-0.39, 0.29) is 11.5 Å². The second-order valence-electron chi connectivity index (χ2n) is 11.9. The number of nitriles is 2. The van der Waals surface area contributed by atoms with Crippen LogP contribution in [-0.2, 0) is 6.18 Å². The summed E-state index contributed by atoms with van der Waals surface area (Å²) in [6.45, 7) is 6.74. The molecule has 1 saturated heterocycles. The van der Waals surface area contributed by atoms with Gasteiger partial charge in [-0.05, 0) is 81.3 Å². The number of nitrogens with one attached hydrogen (secondary N) is 1. The second kappa shape index (κ2) is 9.47. The van der Waals surface area contributed by atoms with Crippen molar-refractivity contribution < 1.29 is 13.2 Å². The Morgan fingerprint density at radius 3 is 2.32 bits per heavy atom. The van der Waals surface area contributed by atoms with Crippen molar-refractivity contribution in [3.05, 3.63) is 23.9 Å². The van der Waals surface area contributed by atoms with Crippen molar-refractivity contribution in [3.8, 4) is 12.3 Å². The highest BCUT2D eigenvalue weighted by Gasteiger charge is 2.55. The van der Waals surface area contributed by atoms with Crippen LogP contribution in [0.4, 0.5) is 19.0 Å². The van der Waals surface area contributed by atoms with Crippen molar-refractivity contribution in [1.29, 1.82) is 10.5 Å². The number of nitrogens with zero attached hydrogens (tertiary/aromatic N) is 6. The molecule has 0 radical (unpaired) electrons. The number of rotatable bonds is 5. The number of anilines is 1. The lowest BCUT2D eigenvalue weighted by molar-refractivity contribution is -0.137. The van der Waals surface area contributed by atoms with Gasteiger partial charge in [0.1, 0.15) is 11.7 Å². The van der Waals surface area contributed by atoms with Gasteiger partial charge in [-0.15, -0.1) is 0 Å². The molecule has 1 aliphatic heterocycles. The predicted octanol–water partition coefficient (Wildman–Crippen LogP) is 4.58. The number of amidine groups is 1. The summed E-state index contributed by atoms with van der Waals surface area (Å²) in [4.78, 5) is 13.6. The van der Waals surface area contributed by atoms with E-state index in [9.17, 15) is 23.7 Å². The van der Waals surface area contributed by atoms with E-state index in [1.807, 2.05) is 4.90 Å². The number of aromatic nitrogens is 1. The molecule has 10 heteroatoms. The fourth-order valence-electron chi connectivity index (χ4n) is 7.69. The Morgan fingerprint density at radius 2 is 1.78 bits per heavy atom. The molecule has 7 nitrogen and oxygen atoms in total. The highest BCUT2D eigenvalue weighted by Crippen LogP contribution is 2.62. The maximum atomic E-state index is 12.9. The Bertz CT molecular complexity index is 1090. The summed E-state index contributed by atoms with van der Waals surface area (Å²) in [7, 11) is 0. The van der Waals surface area contributed by atoms with Crippen molar-refractivity contribution in [2.45, 2.75) is 70.1 Å². The van der Waals surface area contributed by atoms with Gasteiger partial charge in [-0.1, -0.05) is 0 Å². The van der Waals surface area contributed by atoms with Crippen molar-refractivity contribution in [2.75, 3.05) is 31.1 Å². The lowest BCUT2D eigenvalue weighted by atomic mass is 9.47. The molecule has 0 spiro atoms. The average Bonchev–Trinajstić information content (AvgIpc) is 2.85. The maximum Gasteiger partial charge on any atom is 0.417 e. The normalized spacial score (nSPS) is 32.2. The van der Waals surface area contributed by atoms with Crippen LogP contribution in [-0.4, -0.2) is 53.5 Å². The summed E-state index contributed by atoms with van der Waals surface area (Å²) in [6.07, 6.45) is 4.85. The first-order valence-corrected chi connectivity index (χ1v) is 13.2. The van der Waals surface area contributed by atoms with Crippen LogP contribution in [0.5, 0.6) is 0 Å². The number of aliphatic imine (C=N–C) groups is 1. The molecule has 0 aromatic carbocycles. The molecule has 1 aromatic heterocycles. The highest BCUT2D eigenvalue weighted by molar-refractivity contribution is 5.92. The van der Waals surface area contributed by atoms with E-state index < -0.39 is 17.3 Å². The monoisotopic (exact) mass is 513 g/mol. The minimum Gasteiger partial charge on any atom is -0.354 e. The van der Waals surface area contributed by atoms with Crippen LogP contribution in [0.1, 0.15) is 57.9 Å². The van der Waals surface area contributed by atoms with Crippen LogP contribution in [0.2, 0.25) is 0 Å². The molecular weight excluding hydrogens is 479 g/mol. The minimum absolute atomic E-state index is 0.165. The van der Waals surface area contributed by atoms with E-state index in [0.717, 1.165) is 37.9 Å². The van der Waals surface area contributed by atoms with Crippen LogP contribution < -0.4 is 10.2 Å². The van der Waals surface area contributed by atoms with Crippen LogP contribution in [0, 0.1) is 46.0 Å². The summed E-state index contributed by atoms with van der Waals surface area (Å²) < 4.78 is 38.7. The Balaban J connectivity index is 1.28. The average molecular weight is 514 g/mol. The van der Waals surface area contributed by atoms with Crippen LogP contribution in [0.25, 0.3) is 0 Å². The molecule has 4 bridgehead atoms. The first-order chi connectivity index (χ1) is 17.5. The van der Waals surface area contributed by atoms with Gasteiger partial charge in [0.15, 0.2) is 6.19 Å². The third-order valence-electron chi connectivity index (χ3n) is 9.31. The summed E-state index contributed by atoms with van der Waals surface area (Å²) >= 11 is 0. The number of hydrogen-bond acceptors (Lipinski definition) is 6. The van der Waals surface area contributed by atoms with Crippen LogP contribution in [0.3, 0.4) is 0 Å². The summed E-state index contributed by atoms with van der Waals surface area (Å²) in [5, 5.41) is 21.9. The van der Waals surface area contributed by atoms with Gasteiger partial charge in [0.05, 0.1) is 23.2 Å². The second-order valence-corrected chi connectivity index (χ2v) is 11.9. The van der Waals surface area contributed by atoms with E-state index in [2.05, 4.69) is 41.3 Å². The SMILES string of the molecule is CC(C)(C(=NC1C2CC3CC1CC(CC#N)(C3)C2)NC#N)N1CCN(c2ccc(C(F)(F)F)cn2)CC1. The molecule has 2 unspecified atom stereocenters. The molecule has 4 saturated carbocycles. The Labute approximate surface area is 216 Å². The van der Waals surface area contributed by atoms with E-state index >= 15 is 0 Å². The molecule has 1 N–H and O–H groups in total. The number of pyridine rings is 1. The van der Waals surface area contributed by atoms with Gasteiger partial charge in [-0.25, -0.2) is 4.98 Å². The summed E-state index contributed by atoms with van der Waals surface area (Å²) in [5.74, 6) is 2.85. The Hall–Kier alpha value is -2.85. The zero-order valence-electron chi connectivity index (χ0n) is 21.4. The molecule has 1 aromatic rings. The van der Waals surface area contributed by atoms with Gasteiger partial charge in [-0.2, -0.15) is 23.7 Å². The van der Waals surface area contributed by atoms with E-state index in [1.165, 1.54) is 12.5 Å². The zero-order chi connectivity index (χ0) is 26.4. The molecule has 6 rings (SSSR count). The third kappa shape index (κ3) is 4.88. The quantitative estimate of drug-likeness (QED) is 0.268. The van der Waals surface area contributed by atoms with Crippen molar-refractivity contribution in [2.24, 2.45) is 28.2 Å². The molecular formula is C27H34F3N7. The molecule has 5 aliphatic rings. The minimum atomic E-state index is -4.40. The number of alkyl halides is 3. The van der Waals surface area contributed by atoms with Crippen molar-refractivity contribution in [3.63, 3.8) is 0 Å². The fourth-order valence-corrected chi connectivity index (χ4v) is 7.69. The molecule has 5 fully saturated rings. The van der Waals surface area contributed by atoms with Gasteiger partial charge in [0.2, 0.25) is 0 Å². The molecule has 2 heterocycles. The van der Waals surface area contributed by atoms with E-state index in [4.69, 9.17) is 4.99 Å². The van der Waals surface area contributed by atoms with Crippen molar-refractivity contribution in [1.82, 2.24) is 15.2 Å². The van der Waals surface area contributed by atoms with Crippen LogP contribution in [0.15, 0.2) is 23.3 Å². The molecule has 4 aliphatic carbocycles. The zero-order valence-corrected chi connectivity index (χ0v) is 21.4. The smallest absolute Gasteiger partial charge is 0.354 e. The van der Waals surface area contributed by atoms with Gasteiger partial charge in [-0.3, -0.25) is 15.2 Å². The van der Waals surface area contributed by atoms with Gasteiger partial charge >= 0.3 is 6.18 Å². The van der Waals surface area contributed by atoms with E-state index in [1.54, 1.807) is 0 Å². The molecule has 198 valence electrons. The number of hydrogen-bond donors (Lipinski definition) is 1. The molecule has 37 heavy (non-hydrogen) atoms. The lowest BCUT2D eigenvalue weighted by Gasteiger charge is -2.59. The van der Waals surface area contributed by atoms with Crippen LogP contribution >= 0.6 is 0 Å². The maximum absolute atomic E-state index is 12.9. The highest BCUT2D eigenvalue weighted by atomic mass is 19.4. The largest absolute Gasteiger partial charge is 0.417 e. The number of halogens is 3.